The van der Waals surface area contributed by atoms with Gasteiger partial charge in [0.2, 0.25) is 0 Å². The third-order valence-electron chi connectivity index (χ3n) is 3.59. The molecule has 1 N–H and O–H groups in total. The van der Waals surface area contributed by atoms with Gasteiger partial charge in [0, 0.05) is 0 Å². The highest BCUT2D eigenvalue weighted by Crippen LogP contribution is 2.26. The van der Waals surface area contributed by atoms with Gasteiger partial charge >= 0.3 is 0 Å². The van der Waals surface area contributed by atoms with Gasteiger partial charge in [-0.05, 0) is 48.9 Å². The number of aryl methyl sites for hydroxylation is 2. The topological polar surface area (TPSA) is 12.0 Å². The number of rotatable bonds is 2. The van der Waals surface area contributed by atoms with Gasteiger partial charge in [-0.15, -0.1) is 0 Å². The summed E-state index contributed by atoms with van der Waals surface area (Å²) in [5.74, 6) is 0. The Morgan fingerprint density at radius 2 is 1.65 bits per heavy atom. The first kappa shape index (κ1) is 12.7. The first-order chi connectivity index (χ1) is 9.72. The highest BCUT2D eigenvalue weighted by molar-refractivity contribution is 5.66. The average molecular weight is 261 g/mol. The lowest BCUT2D eigenvalue weighted by Gasteiger charge is -2.17. The quantitative estimate of drug-likeness (QED) is 0.827. The SMILES string of the molecule is Cc1cc(C)cc(-c2cccc(C3C=CC=CN3)c2)c1. The molecule has 1 aliphatic rings. The van der Waals surface area contributed by atoms with E-state index >= 15 is 0 Å². The molecule has 0 spiro atoms. The van der Waals surface area contributed by atoms with Crippen molar-refractivity contribution < 1.29 is 0 Å². The summed E-state index contributed by atoms with van der Waals surface area (Å²) in [6.45, 7) is 4.30. The van der Waals surface area contributed by atoms with E-state index in [9.17, 15) is 0 Å². The minimum Gasteiger partial charge on any atom is -0.381 e. The summed E-state index contributed by atoms with van der Waals surface area (Å²) in [6, 6.07) is 15.7. The Kier molecular flexibility index (Phi) is 3.42. The van der Waals surface area contributed by atoms with Gasteiger partial charge in [0.25, 0.3) is 0 Å². The van der Waals surface area contributed by atoms with Gasteiger partial charge < -0.3 is 5.32 Å². The summed E-state index contributed by atoms with van der Waals surface area (Å²) < 4.78 is 0. The van der Waals surface area contributed by atoms with Gasteiger partial charge in [-0.2, -0.15) is 0 Å². The molecule has 1 atom stereocenters. The van der Waals surface area contributed by atoms with Gasteiger partial charge in [-0.1, -0.05) is 59.7 Å². The van der Waals surface area contributed by atoms with E-state index in [2.05, 4.69) is 73.8 Å². The maximum atomic E-state index is 3.37. The van der Waals surface area contributed by atoms with Gasteiger partial charge in [0.05, 0.1) is 6.04 Å². The maximum absolute atomic E-state index is 3.37. The third-order valence-corrected chi connectivity index (χ3v) is 3.59. The van der Waals surface area contributed by atoms with E-state index in [4.69, 9.17) is 0 Å². The van der Waals surface area contributed by atoms with Crippen molar-refractivity contribution >= 4 is 0 Å². The van der Waals surface area contributed by atoms with Gasteiger partial charge in [0.1, 0.15) is 0 Å². The van der Waals surface area contributed by atoms with Crippen molar-refractivity contribution in [3.8, 4) is 11.1 Å². The maximum Gasteiger partial charge on any atom is 0.0695 e. The molecule has 2 aromatic rings. The standard InChI is InChI=1S/C19H19N/c1-14-10-15(2)12-18(11-14)16-6-5-7-17(13-16)19-8-3-4-9-20-19/h3-13,19-20H,1-2H3. The lowest BCUT2D eigenvalue weighted by molar-refractivity contribution is 0.747. The van der Waals surface area contributed by atoms with Crippen molar-refractivity contribution in [2.45, 2.75) is 19.9 Å². The molecule has 1 nitrogen and oxygen atoms in total. The highest BCUT2D eigenvalue weighted by atomic mass is 14.9. The van der Waals surface area contributed by atoms with Crippen LogP contribution in [0.3, 0.4) is 0 Å². The lowest BCUT2D eigenvalue weighted by atomic mass is 9.96. The van der Waals surface area contributed by atoms with Gasteiger partial charge in [-0.3, -0.25) is 0 Å². The van der Waals surface area contributed by atoms with E-state index in [0.29, 0.717) is 0 Å². The molecule has 0 bridgehead atoms. The second kappa shape index (κ2) is 5.38. The van der Waals surface area contributed by atoms with Crippen molar-refractivity contribution in [2.75, 3.05) is 0 Å². The van der Waals surface area contributed by atoms with Crippen LogP contribution in [0, 0.1) is 13.8 Å². The molecule has 1 heteroatoms. The van der Waals surface area contributed by atoms with Crippen LogP contribution in [0.25, 0.3) is 11.1 Å². The van der Waals surface area contributed by atoms with Crippen LogP contribution in [0.5, 0.6) is 0 Å². The van der Waals surface area contributed by atoms with Crippen molar-refractivity contribution in [3.63, 3.8) is 0 Å². The molecule has 0 fully saturated rings. The van der Waals surface area contributed by atoms with Crippen LogP contribution >= 0.6 is 0 Å². The fraction of sp³-hybridized carbons (Fsp3) is 0.158. The van der Waals surface area contributed by atoms with Gasteiger partial charge in [-0.25, -0.2) is 0 Å². The summed E-state index contributed by atoms with van der Waals surface area (Å²) in [5.41, 5.74) is 6.48. The van der Waals surface area contributed by atoms with Crippen LogP contribution in [0.2, 0.25) is 0 Å². The first-order valence-electron chi connectivity index (χ1n) is 7.00. The van der Waals surface area contributed by atoms with E-state index in [0.717, 1.165) is 0 Å². The van der Waals surface area contributed by atoms with E-state index in [1.807, 2.05) is 12.3 Å². The number of nitrogens with one attached hydrogen (secondary N) is 1. The highest BCUT2D eigenvalue weighted by Gasteiger charge is 2.08. The zero-order valence-electron chi connectivity index (χ0n) is 11.9. The molecule has 0 aromatic heterocycles. The Morgan fingerprint density at radius 1 is 0.850 bits per heavy atom. The molecule has 1 unspecified atom stereocenters. The van der Waals surface area contributed by atoms with Crippen LogP contribution in [0.15, 0.2) is 66.9 Å². The number of hydrogen-bond donors (Lipinski definition) is 1. The summed E-state index contributed by atoms with van der Waals surface area (Å²) in [5, 5.41) is 3.37. The second-order valence-corrected chi connectivity index (χ2v) is 5.39. The smallest absolute Gasteiger partial charge is 0.0695 e. The zero-order valence-corrected chi connectivity index (χ0v) is 11.9. The van der Waals surface area contributed by atoms with Crippen molar-refractivity contribution in [3.05, 3.63) is 83.6 Å². The Labute approximate surface area is 120 Å². The summed E-state index contributed by atoms with van der Waals surface area (Å²) in [4.78, 5) is 0. The van der Waals surface area contributed by atoms with Crippen LogP contribution in [-0.2, 0) is 0 Å². The normalized spacial score (nSPS) is 17.0. The minimum atomic E-state index is 0.269. The number of allylic oxidation sites excluding steroid dienone is 2. The third kappa shape index (κ3) is 2.67. The molecular formula is C19H19N. The van der Waals surface area contributed by atoms with Crippen LogP contribution in [0.1, 0.15) is 22.7 Å². The zero-order chi connectivity index (χ0) is 13.9. The largest absolute Gasteiger partial charge is 0.381 e. The van der Waals surface area contributed by atoms with Gasteiger partial charge in [0.15, 0.2) is 0 Å². The second-order valence-electron chi connectivity index (χ2n) is 5.39. The van der Waals surface area contributed by atoms with E-state index in [1.54, 1.807) is 0 Å². The number of dihydropyridines is 1. The molecule has 0 radical (unpaired) electrons. The Hall–Kier alpha value is -2.28. The van der Waals surface area contributed by atoms with Crippen molar-refractivity contribution in [1.29, 1.82) is 0 Å². The van der Waals surface area contributed by atoms with Crippen LogP contribution in [-0.4, -0.2) is 0 Å². The fourth-order valence-corrected chi connectivity index (χ4v) is 2.71. The molecule has 3 rings (SSSR count). The van der Waals surface area contributed by atoms with E-state index in [-0.39, 0.29) is 6.04 Å². The molecule has 100 valence electrons. The Balaban J connectivity index is 1.98. The molecule has 0 amide bonds. The van der Waals surface area contributed by atoms with Crippen LogP contribution < -0.4 is 5.32 Å². The molecule has 0 saturated carbocycles. The monoisotopic (exact) mass is 261 g/mol. The molecule has 1 heterocycles. The molecule has 2 aromatic carbocycles. The minimum absolute atomic E-state index is 0.269. The summed E-state index contributed by atoms with van der Waals surface area (Å²) in [7, 11) is 0. The van der Waals surface area contributed by atoms with Crippen molar-refractivity contribution in [1.82, 2.24) is 5.32 Å². The molecule has 20 heavy (non-hydrogen) atoms. The molecular weight excluding hydrogens is 242 g/mol. The summed E-state index contributed by atoms with van der Waals surface area (Å²) >= 11 is 0. The first-order valence-corrected chi connectivity index (χ1v) is 7.00. The molecule has 1 aliphatic heterocycles. The predicted molar refractivity (Wildman–Crippen MR) is 85.5 cm³/mol. The van der Waals surface area contributed by atoms with Crippen LogP contribution in [0.4, 0.5) is 0 Å². The fourth-order valence-electron chi connectivity index (χ4n) is 2.71. The van der Waals surface area contributed by atoms with E-state index < -0.39 is 0 Å². The number of hydrogen-bond acceptors (Lipinski definition) is 1. The van der Waals surface area contributed by atoms with E-state index in [1.165, 1.54) is 27.8 Å². The predicted octanol–water partition coefficient (Wildman–Crippen LogP) is 4.68. The average Bonchev–Trinajstić information content (AvgIpc) is 2.47. The number of benzene rings is 2. The Bertz CT molecular complexity index is 660. The Morgan fingerprint density at radius 3 is 2.35 bits per heavy atom. The van der Waals surface area contributed by atoms with Crippen molar-refractivity contribution in [2.24, 2.45) is 0 Å². The lowest BCUT2D eigenvalue weighted by Crippen LogP contribution is -2.14. The molecule has 0 saturated heterocycles. The summed E-state index contributed by atoms with van der Waals surface area (Å²) in [6.07, 6.45) is 8.28. The molecule has 0 aliphatic carbocycles.